The fourth-order valence-electron chi connectivity index (χ4n) is 2.11. The molecule has 1 aromatic heterocycles. The third-order valence-electron chi connectivity index (χ3n) is 3.24. The average molecular weight is 332 g/mol. The SMILES string of the molecule is CCNC(=NCc1cccc(OC)c1)NCCc1csc(C)n1. The van der Waals surface area contributed by atoms with Crippen LogP contribution in [0.2, 0.25) is 0 Å². The predicted octanol–water partition coefficient (Wildman–Crippen LogP) is 2.76. The van der Waals surface area contributed by atoms with Gasteiger partial charge < -0.3 is 15.4 Å². The highest BCUT2D eigenvalue weighted by molar-refractivity contribution is 7.09. The van der Waals surface area contributed by atoms with Crippen LogP contribution in [-0.2, 0) is 13.0 Å². The maximum Gasteiger partial charge on any atom is 0.191 e. The van der Waals surface area contributed by atoms with Crippen molar-refractivity contribution < 1.29 is 4.74 Å². The van der Waals surface area contributed by atoms with E-state index in [1.807, 2.05) is 31.2 Å². The summed E-state index contributed by atoms with van der Waals surface area (Å²) in [4.78, 5) is 9.09. The Kier molecular flexibility index (Phi) is 6.87. The molecular weight excluding hydrogens is 308 g/mol. The van der Waals surface area contributed by atoms with Crippen LogP contribution >= 0.6 is 11.3 Å². The number of nitrogens with one attached hydrogen (secondary N) is 2. The Balaban J connectivity index is 1.88. The molecule has 0 aliphatic carbocycles. The predicted molar refractivity (Wildman–Crippen MR) is 96.4 cm³/mol. The number of ether oxygens (including phenoxy) is 1. The topological polar surface area (TPSA) is 58.5 Å². The van der Waals surface area contributed by atoms with Crippen molar-refractivity contribution in [2.24, 2.45) is 4.99 Å². The quantitative estimate of drug-likeness (QED) is 0.605. The van der Waals surface area contributed by atoms with Crippen LogP contribution in [0.3, 0.4) is 0 Å². The number of nitrogens with zero attached hydrogens (tertiary/aromatic N) is 2. The van der Waals surface area contributed by atoms with Crippen LogP contribution in [0.25, 0.3) is 0 Å². The first-order chi connectivity index (χ1) is 11.2. The minimum absolute atomic E-state index is 0.613. The summed E-state index contributed by atoms with van der Waals surface area (Å²) in [6.45, 7) is 6.35. The van der Waals surface area contributed by atoms with Crippen LogP contribution in [0, 0.1) is 6.92 Å². The average Bonchev–Trinajstić information content (AvgIpc) is 2.98. The van der Waals surface area contributed by atoms with E-state index in [-0.39, 0.29) is 0 Å². The molecule has 0 radical (unpaired) electrons. The summed E-state index contributed by atoms with van der Waals surface area (Å²) in [6, 6.07) is 7.97. The lowest BCUT2D eigenvalue weighted by atomic mass is 10.2. The van der Waals surface area contributed by atoms with Crippen molar-refractivity contribution in [2.45, 2.75) is 26.8 Å². The zero-order chi connectivity index (χ0) is 16.5. The number of hydrogen-bond acceptors (Lipinski definition) is 4. The number of aliphatic imine (C=N–C) groups is 1. The van der Waals surface area contributed by atoms with Crippen LogP contribution < -0.4 is 15.4 Å². The van der Waals surface area contributed by atoms with Crippen molar-refractivity contribution in [3.63, 3.8) is 0 Å². The second-order valence-electron chi connectivity index (χ2n) is 5.08. The van der Waals surface area contributed by atoms with E-state index in [1.165, 1.54) is 0 Å². The van der Waals surface area contributed by atoms with Crippen molar-refractivity contribution in [1.82, 2.24) is 15.6 Å². The van der Waals surface area contributed by atoms with E-state index in [0.29, 0.717) is 6.54 Å². The third kappa shape index (κ3) is 5.90. The van der Waals surface area contributed by atoms with E-state index >= 15 is 0 Å². The lowest BCUT2D eigenvalue weighted by Crippen LogP contribution is -2.38. The monoisotopic (exact) mass is 332 g/mol. The fourth-order valence-corrected chi connectivity index (χ4v) is 2.76. The first kappa shape index (κ1) is 17.3. The summed E-state index contributed by atoms with van der Waals surface area (Å²) < 4.78 is 5.24. The van der Waals surface area contributed by atoms with E-state index in [0.717, 1.165) is 47.5 Å². The molecule has 5 nitrogen and oxygen atoms in total. The molecule has 0 unspecified atom stereocenters. The van der Waals surface area contributed by atoms with E-state index < -0.39 is 0 Å². The number of rotatable bonds is 7. The van der Waals surface area contributed by atoms with Crippen molar-refractivity contribution >= 4 is 17.3 Å². The lowest BCUT2D eigenvalue weighted by molar-refractivity contribution is 0.414. The molecule has 23 heavy (non-hydrogen) atoms. The van der Waals surface area contributed by atoms with Crippen molar-refractivity contribution in [3.05, 3.63) is 45.9 Å². The fraction of sp³-hybridized carbons (Fsp3) is 0.412. The lowest BCUT2D eigenvalue weighted by Gasteiger charge is -2.11. The van der Waals surface area contributed by atoms with Crippen LogP contribution in [0.1, 0.15) is 23.2 Å². The Morgan fingerprint density at radius 1 is 1.35 bits per heavy atom. The van der Waals surface area contributed by atoms with Crippen molar-refractivity contribution in [2.75, 3.05) is 20.2 Å². The molecule has 0 atom stereocenters. The van der Waals surface area contributed by atoms with Crippen LogP contribution in [0.5, 0.6) is 5.75 Å². The molecule has 0 bridgehead atoms. The Morgan fingerprint density at radius 3 is 2.91 bits per heavy atom. The molecule has 0 spiro atoms. The van der Waals surface area contributed by atoms with E-state index in [2.05, 4.69) is 32.9 Å². The van der Waals surface area contributed by atoms with Gasteiger partial charge in [0.05, 0.1) is 24.4 Å². The van der Waals surface area contributed by atoms with Gasteiger partial charge in [0.15, 0.2) is 5.96 Å². The van der Waals surface area contributed by atoms with Gasteiger partial charge in [0, 0.05) is 24.9 Å². The summed E-state index contributed by atoms with van der Waals surface area (Å²) >= 11 is 1.69. The number of aryl methyl sites for hydroxylation is 1. The number of methoxy groups -OCH3 is 1. The van der Waals surface area contributed by atoms with Crippen LogP contribution in [0.15, 0.2) is 34.6 Å². The van der Waals surface area contributed by atoms with Gasteiger partial charge in [-0.3, -0.25) is 0 Å². The van der Waals surface area contributed by atoms with Gasteiger partial charge >= 0.3 is 0 Å². The number of benzene rings is 1. The molecule has 2 N–H and O–H groups in total. The second kappa shape index (κ2) is 9.15. The number of thiazole rings is 1. The van der Waals surface area contributed by atoms with Crippen LogP contribution in [-0.4, -0.2) is 31.1 Å². The second-order valence-corrected chi connectivity index (χ2v) is 6.14. The summed E-state index contributed by atoms with van der Waals surface area (Å²) in [5.41, 5.74) is 2.25. The molecule has 0 saturated carbocycles. The van der Waals surface area contributed by atoms with Gasteiger partial charge in [-0.25, -0.2) is 9.98 Å². The molecule has 6 heteroatoms. The highest BCUT2D eigenvalue weighted by Crippen LogP contribution is 2.13. The van der Waals surface area contributed by atoms with Gasteiger partial charge in [-0.15, -0.1) is 11.3 Å². The van der Waals surface area contributed by atoms with Gasteiger partial charge in [0.25, 0.3) is 0 Å². The number of aromatic nitrogens is 1. The normalized spacial score (nSPS) is 11.3. The van der Waals surface area contributed by atoms with Crippen molar-refractivity contribution in [3.8, 4) is 5.75 Å². The molecule has 124 valence electrons. The zero-order valence-corrected chi connectivity index (χ0v) is 14.7. The summed E-state index contributed by atoms with van der Waals surface area (Å²) in [5, 5.41) is 9.83. The molecule has 1 aromatic carbocycles. The largest absolute Gasteiger partial charge is 0.497 e. The Morgan fingerprint density at radius 2 is 2.22 bits per heavy atom. The third-order valence-corrected chi connectivity index (χ3v) is 4.06. The number of hydrogen-bond donors (Lipinski definition) is 2. The molecule has 0 fully saturated rings. The van der Waals surface area contributed by atoms with Gasteiger partial charge in [-0.1, -0.05) is 12.1 Å². The van der Waals surface area contributed by atoms with E-state index in [1.54, 1.807) is 18.4 Å². The van der Waals surface area contributed by atoms with Gasteiger partial charge in [0.2, 0.25) is 0 Å². The molecule has 0 amide bonds. The molecule has 2 rings (SSSR count). The summed E-state index contributed by atoms with van der Waals surface area (Å²) in [6.07, 6.45) is 0.897. The maximum atomic E-state index is 5.24. The molecule has 0 saturated heterocycles. The van der Waals surface area contributed by atoms with Crippen LogP contribution in [0.4, 0.5) is 0 Å². The van der Waals surface area contributed by atoms with E-state index in [9.17, 15) is 0 Å². The van der Waals surface area contributed by atoms with Gasteiger partial charge in [-0.2, -0.15) is 0 Å². The molecular formula is C17H24N4OS. The van der Waals surface area contributed by atoms with Gasteiger partial charge in [0.1, 0.15) is 5.75 Å². The van der Waals surface area contributed by atoms with Gasteiger partial charge in [-0.05, 0) is 31.5 Å². The minimum atomic E-state index is 0.613. The smallest absolute Gasteiger partial charge is 0.191 e. The maximum absolute atomic E-state index is 5.24. The standard InChI is InChI=1S/C17H24N4OS/c1-4-18-17(19-9-8-15-12-23-13(2)21-15)20-11-14-6-5-7-16(10-14)22-3/h5-7,10,12H,4,8-9,11H2,1-3H3,(H2,18,19,20). The minimum Gasteiger partial charge on any atom is -0.497 e. The van der Waals surface area contributed by atoms with E-state index in [4.69, 9.17) is 4.74 Å². The van der Waals surface area contributed by atoms with Crippen molar-refractivity contribution in [1.29, 1.82) is 0 Å². The first-order valence-electron chi connectivity index (χ1n) is 7.77. The Labute approximate surface area is 141 Å². The zero-order valence-electron chi connectivity index (χ0n) is 13.9. The molecule has 0 aliphatic rings. The highest BCUT2D eigenvalue weighted by Gasteiger charge is 2.01. The molecule has 1 heterocycles. The molecule has 0 aliphatic heterocycles. The Bertz CT molecular complexity index is 639. The highest BCUT2D eigenvalue weighted by atomic mass is 32.1. The number of guanidine groups is 1. The first-order valence-corrected chi connectivity index (χ1v) is 8.65. The summed E-state index contributed by atoms with van der Waals surface area (Å²) in [5.74, 6) is 1.68. The Hall–Kier alpha value is -2.08. The molecule has 2 aromatic rings. The summed E-state index contributed by atoms with van der Waals surface area (Å²) in [7, 11) is 1.67.